The topological polar surface area (TPSA) is 38.8 Å². The van der Waals surface area contributed by atoms with Crippen LogP contribution >= 0.6 is 0 Å². The van der Waals surface area contributed by atoms with Gasteiger partial charge in [0.25, 0.3) is 0 Å². The number of rotatable bonds is 11. The number of carbonyl (C=O) groups excluding carboxylic acids is 1. The molecule has 0 amide bonds. The fourth-order valence-electron chi connectivity index (χ4n) is 5.75. The lowest BCUT2D eigenvalue weighted by Crippen LogP contribution is -2.68. The molecule has 30 heavy (non-hydrogen) atoms. The molecule has 164 valence electrons. The lowest BCUT2D eigenvalue weighted by Gasteiger charge is -2.59. The summed E-state index contributed by atoms with van der Waals surface area (Å²) in [6.45, 7) is 13.2. The van der Waals surface area contributed by atoms with E-state index in [9.17, 15) is 4.79 Å². The molecule has 4 nitrogen and oxygen atoms in total. The summed E-state index contributed by atoms with van der Waals surface area (Å²) >= 11 is 0. The van der Waals surface area contributed by atoms with Gasteiger partial charge in [-0.2, -0.15) is 0 Å². The molecule has 2 bridgehead atoms. The number of piperidine rings is 1. The highest BCUT2D eigenvalue weighted by Gasteiger charge is 2.62. The number of ether oxygens (including phenoxy) is 2. The lowest BCUT2D eigenvalue weighted by molar-refractivity contribution is -0.210. The molecule has 1 saturated heterocycles. The van der Waals surface area contributed by atoms with Crippen LogP contribution in [0.25, 0.3) is 0 Å². The number of esters is 1. The largest absolute Gasteiger partial charge is 0.465 e. The number of hydrogen-bond donors (Lipinski definition) is 0. The molecule has 1 saturated carbocycles. The third kappa shape index (κ3) is 4.70. The quantitative estimate of drug-likeness (QED) is 0.387. The molecular formula is C26H37NO3. The Kier molecular flexibility index (Phi) is 7.90. The predicted octanol–water partition coefficient (Wildman–Crippen LogP) is 4.80. The number of hydrogen-bond acceptors (Lipinski definition) is 4. The van der Waals surface area contributed by atoms with E-state index in [1.54, 1.807) is 6.08 Å². The highest BCUT2D eigenvalue weighted by atomic mass is 16.5. The molecule has 1 aliphatic heterocycles. The second-order valence-corrected chi connectivity index (χ2v) is 8.89. The first-order chi connectivity index (χ1) is 14.6. The molecule has 1 heterocycles. The zero-order valence-corrected chi connectivity index (χ0v) is 18.5. The minimum atomic E-state index is -0.606. The molecule has 4 heteroatoms. The maximum atomic E-state index is 13.3. The Hall–Kier alpha value is -1.91. The molecule has 0 aromatic heterocycles. The first kappa shape index (κ1) is 22.8. The van der Waals surface area contributed by atoms with E-state index in [1.807, 2.05) is 13.0 Å². The number of nitrogens with zero attached hydrogens (tertiary/aromatic N) is 1. The van der Waals surface area contributed by atoms with Gasteiger partial charge in [0.2, 0.25) is 0 Å². The van der Waals surface area contributed by atoms with E-state index in [1.165, 1.54) is 5.56 Å². The fourth-order valence-corrected chi connectivity index (χ4v) is 5.75. The van der Waals surface area contributed by atoms with Crippen molar-refractivity contribution in [3.05, 3.63) is 61.2 Å². The SMILES string of the molecule is C=CCO[C@H]1[C@]2(CC=C)CCC[C@@]1(C(=O)OCC)CN(CCCc1ccccc1)C2. The van der Waals surface area contributed by atoms with Crippen molar-refractivity contribution < 1.29 is 14.3 Å². The van der Waals surface area contributed by atoms with Gasteiger partial charge in [0.1, 0.15) is 5.41 Å². The molecule has 2 aliphatic rings. The number of aryl methyl sites for hydroxylation is 1. The average molecular weight is 412 g/mol. The number of benzene rings is 1. The van der Waals surface area contributed by atoms with Crippen LogP contribution in [0.15, 0.2) is 55.6 Å². The van der Waals surface area contributed by atoms with Gasteiger partial charge in [0, 0.05) is 18.5 Å². The number of carbonyl (C=O) groups is 1. The summed E-state index contributed by atoms with van der Waals surface area (Å²) in [5.74, 6) is -0.0973. The Labute approximate surface area is 181 Å². The third-order valence-corrected chi connectivity index (χ3v) is 6.80. The Morgan fingerprint density at radius 2 is 2.00 bits per heavy atom. The predicted molar refractivity (Wildman–Crippen MR) is 121 cm³/mol. The van der Waals surface area contributed by atoms with Crippen molar-refractivity contribution in [3.8, 4) is 0 Å². The molecule has 3 rings (SSSR count). The summed E-state index contributed by atoms with van der Waals surface area (Å²) in [4.78, 5) is 15.8. The zero-order valence-electron chi connectivity index (χ0n) is 18.5. The second-order valence-electron chi connectivity index (χ2n) is 8.89. The first-order valence-electron chi connectivity index (χ1n) is 11.4. The van der Waals surface area contributed by atoms with E-state index in [-0.39, 0.29) is 17.5 Å². The summed E-state index contributed by atoms with van der Waals surface area (Å²) < 4.78 is 12.0. The van der Waals surface area contributed by atoms with Crippen LogP contribution in [-0.2, 0) is 20.7 Å². The van der Waals surface area contributed by atoms with Gasteiger partial charge in [0.15, 0.2) is 0 Å². The zero-order chi connectivity index (χ0) is 21.5. The summed E-state index contributed by atoms with van der Waals surface area (Å²) in [7, 11) is 0. The monoisotopic (exact) mass is 411 g/mol. The highest BCUT2D eigenvalue weighted by molar-refractivity contribution is 5.78. The summed E-state index contributed by atoms with van der Waals surface area (Å²) in [5, 5.41) is 0. The molecule has 0 spiro atoms. The average Bonchev–Trinajstić information content (AvgIpc) is 2.73. The van der Waals surface area contributed by atoms with E-state index in [4.69, 9.17) is 9.47 Å². The van der Waals surface area contributed by atoms with Gasteiger partial charge in [-0.25, -0.2) is 0 Å². The van der Waals surface area contributed by atoms with Gasteiger partial charge in [-0.15, -0.1) is 13.2 Å². The van der Waals surface area contributed by atoms with Gasteiger partial charge in [-0.1, -0.05) is 48.9 Å². The van der Waals surface area contributed by atoms with Crippen molar-refractivity contribution in [1.29, 1.82) is 0 Å². The second kappa shape index (κ2) is 10.4. The molecule has 1 aromatic rings. The van der Waals surface area contributed by atoms with Crippen molar-refractivity contribution in [2.75, 3.05) is 32.8 Å². The number of fused-ring (bicyclic) bond motifs is 2. The standard InChI is InChI=1S/C26H37NO3/c1-4-15-25-16-11-17-26(24(28)29-6-3,23(25)30-19-5-2)21-27(20-25)18-10-14-22-12-8-7-9-13-22/h4-5,7-9,12-13,23H,1-2,6,10-11,14-21H2,3H3/t23-,25+,26+/m0/s1. The minimum absolute atomic E-state index is 0.0965. The molecular weight excluding hydrogens is 374 g/mol. The van der Waals surface area contributed by atoms with Crippen LogP contribution in [-0.4, -0.2) is 49.8 Å². The third-order valence-electron chi connectivity index (χ3n) is 6.80. The van der Waals surface area contributed by atoms with Gasteiger partial charge >= 0.3 is 5.97 Å². The number of allylic oxidation sites excluding steroid dienone is 1. The normalized spacial score (nSPS) is 28.6. The maximum absolute atomic E-state index is 13.3. The molecule has 1 aliphatic carbocycles. The minimum Gasteiger partial charge on any atom is -0.465 e. The number of likely N-dealkylation sites (tertiary alicyclic amines) is 1. The van der Waals surface area contributed by atoms with Crippen LogP contribution in [0.4, 0.5) is 0 Å². The summed E-state index contributed by atoms with van der Waals surface area (Å²) in [5.41, 5.74) is 0.661. The molecule has 1 aromatic carbocycles. The van der Waals surface area contributed by atoms with Crippen molar-refractivity contribution in [2.45, 2.75) is 51.6 Å². The van der Waals surface area contributed by atoms with Crippen LogP contribution in [0.5, 0.6) is 0 Å². The van der Waals surface area contributed by atoms with Gasteiger partial charge in [-0.05, 0) is 51.1 Å². The molecule has 0 N–H and O–H groups in total. The lowest BCUT2D eigenvalue weighted by atomic mass is 9.55. The Bertz CT molecular complexity index is 718. The van der Waals surface area contributed by atoms with Crippen molar-refractivity contribution >= 4 is 5.97 Å². The van der Waals surface area contributed by atoms with Gasteiger partial charge < -0.3 is 14.4 Å². The van der Waals surface area contributed by atoms with E-state index >= 15 is 0 Å². The molecule has 0 radical (unpaired) electrons. The Balaban J connectivity index is 1.83. The van der Waals surface area contributed by atoms with Crippen LogP contribution in [0.3, 0.4) is 0 Å². The molecule has 3 atom stereocenters. The van der Waals surface area contributed by atoms with Gasteiger partial charge in [0.05, 0.1) is 19.3 Å². The maximum Gasteiger partial charge on any atom is 0.316 e. The Morgan fingerprint density at radius 3 is 2.70 bits per heavy atom. The first-order valence-corrected chi connectivity index (χ1v) is 11.4. The van der Waals surface area contributed by atoms with E-state index in [2.05, 4.69) is 48.4 Å². The van der Waals surface area contributed by atoms with Crippen LogP contribution in [0.1, 0.15) is 44.6 Å². The Morgan fingerprint density at radius 1 is 1.20 bits per heavy atom. The van der Waals surface area contributed by atoms with E-state index in [0.717, 1.165) is 51.6 Å². The van der Waals surface area contributed by atoms with Gasteiger partial charge in [-0.3, -0.25) is 4.79 Å². The van der Waals surface area contributed by atoms with Crippen LogP contribution in [0, 0.1) is 10.8 Å². The molecule has 2 fully saturated rings. The van der Waals surface area contributed by atoms with E-state index < -0.39 is 5.41 Å². The van der Waals surface area contributed by atoms with Crippen molar-refractivity contribution in [3.63, 3.8) is 0 Å². The summed E-state index contributed by atoms with van der Waals surface area (Å²) in [6, 6.07) is 10.6. The fraction of sp³-hybridized carbons (Fsp3) is 0.577. The van der Waals surface area contributed by atoms with Crippen LogP contribution in [0.2, 0.25) is 0 Å². The summed E-state index contributed by atoms with van der Waals surface area (Å²) in [6.07, 6.45) is 9.50. The molecule has 0 unspecified atom stereocenters. The van der Waals surface area contributed by atoms with E-state index in [0.29, 0.717) is 19.8 Å². The van der Waals surface area contributed by atoms with Crippen molar-refractivity contribution in [1.82, 2.24) is 4.90 Å². The van der Waals surface area contributed by atoms with Crippen molar-refractivity contribution in [2.24, 2.45) is 10.8 Å². The smallest absolute Gasteiger partial charge is 0.316 e. The highest BCUT2D eigenvalue weighted by Crippen LogP contribution is 2.55. The van der Waals surface area contributed by atoms with Crippen LogP contribution < -0.4 is 0 Å².